The van der Waals surface area contributed by atoms with E-state index in [-0.39, 0.29) is 41.9 Å². The van der Waals surface area contributed by atoms with E-state index in [9.17, 15) is 33.0 Å². The van der Waals surface area contributed by atoms with E-state index in [0.717, 1.165) is 23.3 Å². The molecule has 1 aromatic heterocycles. The number of nitrogens with zero attached hydrogens (tertiary/aromatic N) is 1. The molecule has 1 aliphatic heterocycles. The molecule has 10 atom stereocenters. The van der Waals surface area contributed by atoms with E-state index >= 15 is 4.79 Å². The summed E-state index contributed by atoms with van der Waals surface area (Å²) in [4.78, 5) is 46.8. The molecule has 2 spiro atoms. The molecule has 58 heavy (non-hydrogen) atoms. The van der Waals surface area contributed by atoms with Crippen molar-refractivity contribution in [2.75, 3.05) is 6.54 Å². The second kappa shape index (κ2) is 12.3. The van der Waals surface area contributed by atoms with Crippen LogP contribution in [-0.2, 0) is 20.9 Å². The van der Waals surface area contributed by atoms with Crippen LogP contribution < -0.4 is 4.74 Å². The maximum absolute atomic E-state index is 15.2. The Morgan fingerprint density at radius 3 is 2.21 bits per heavy atom. The highest BCUT2D eigenvalue weighted by atomic mass is 32.1. The Bertz CT molecular complexity index is 2160. The number of benzene rings is 1. The van der Waals surface area contributed by atoms with Gasteiger partial charge in [-0.2, -0.15) is 0 Å². The standard InChI is InChI=1S/C46H54F3NO7S/c1-27-7-12-32(58-27)35(52)31-24-42-20-21-44(31)33(39(42,4)16-13-29(51)23-42)14-17-40(5)34(44)15-18-43(40,55)26-50(25-28-8-10-30(11-9-28)56-46(47,48)49)36(53)45-22-19-41(6,37(54)57-45)38(45,2)3/h7-12,20-21,24,29,33-34,51,55H,13-19,22-23,25-26H2,1-6H3/t29?,33-,34-,39-,40+,41+,42+,43-,44-,45-/m1/s1. The number of ether oxygens (including phenoxy) is 2. The van der Waals surface area contributed by atoms with Crippen LogP contribution in [0.2, 0.25) is 0 Å². The molecule has 10 rings (SSSR count). The predicted molar refractivity (Wildman–Crippen MR) is 210 cm³/mol. The van der Waals surface area contributed by atoms with Gasteiger partial charge in [0.1, 0.15) is 5.75 Å². The van der Waals surface area contributed by atoms with Crippen molar-refractivity contribution in [2.24, 2.45) is 44.3 Å². The Labute approximate surface area is 341 Å². The number of hydrogen-bond acceptors (Lipinski definition) is 8. The van der Waals surface area contributed by atoms with Gasteiger partial charge in [0.25, 0.3) is 5.91 Å². The molecule has 0 radical (unpaired) electrons. The highest BCUT2D eigenvalue weighted by Crippen LogP contribution is 2.78. The van der Waals surface area contributed by atoms with E-state index in [4.69, 9.17) is 4.74 Å². The monoisotopic (exact) mass is 821 g/mol. The van der Waals surface area contributed by atoms with Crippen molar-refractivity contribution in [3.05, 3.63) is 75.5 Å². The summed E-state index contributed by atoms with van der Waals surface area (Å²) in [6, 6.07) is 9.25. The minimum absolute atomic E-state index is 0.00274. The lowest BCUT2D eigenvalue weighted by molar-refractivity contribution is -0.274. The fraction of sp³-hybridized carbons (Fsp3) is 0.630. The molecular weight excluding hydrogens is 768 g/mol. The highest BCUT2D eigenvalue weighted by Gasteiger charge is 2.78. The van der Waals surface area contributed by atoms with Crippen molar-refractivity contribution in [1.82, 2.24) is 4.90 Å². The van der Waals surface area contributed by atoms with Crippen LogP contribution in [0.1, 0.15) is 113 Å². The van der Waals surface area contributed by atoms with Crippen molar-refractivity contribution in [3.8, 4) is 5.75 Å². The summed E-state index contributed by atoms with van der Waals surface area (Å²) in [5, 5.41) is 24.4. The first-order valence-corrected chi connectivity index (χ1v) is 21.6. The van der Waals surface area contributed by atoms with Crippen LogP contribution >= 0.6 is 11.3 Å². The average Bonchev–Trinajstić information content (AvgIpc) is 3.81. The SMILES string of the molecule is Cc1ccc(C(=O)C2=C[C@@]34C=C[C@@]25[C@@H]2CC[C@@](O)(CN(Cc6ccc(OC(F)(F)F)cc6)C(=O)[C@@]67CC[C@@](C)(C(=O)O6)C7(C)C)[C@@]2(C)CC[C@@H]5[C@@]3(C)CCC(O)C4)s1. The summed E-state index contributed by atoms with van der Waals surface area (Å²) in [6.45, 7) is 11.9. The van der Waals surface area contributed by atoms with Crippen molar-refractivity contribution < 1.29 is 47.2 Å². The molecule has 4 saturated carbocycles. The van der Waals surface area contributed by atoms with Crippen LogP contribution in [0.5, 0.6) is 5.75 Å². The third-order valence-electron chi connectivity index (χ3n) is 17.6. The van der Waals surface area contributed by atoms with Gasteiger partial charge in [0, 0.05) is 38.7 Å². The third-order valence-corrected chi connectivity index (χ3v) is 18.6. The Morgan fingerprint density at radius 1 is 0.914 bits per heavy atom. The molecule has 1 amide bonds. The molecule has 2 heterocycles. The second-order valence-corrected chi connectivity index (χ2v) is 21.4. The molecule has 4 bridgehead atoms. The first kappa shape index (κ1) is 40.0. The van der Waals surface area contributed by atoms with Crippen LogP contribution in [0.15, 0.2) is 60.2 Å². The topological polar surface area (TPSA) is 113 Å². The van der Waals surface area contributed by atoms with E-state index in [0.29, 0.717) is 55.4 Å². The predicted octanol–water partition coefficient (Wildman–Crippen LogP) is 8.88. The minimum Gasteiger partial charge on any atom is -0.448 e. The number of aliphatic hydroxyl groups is 2. The number of Topliss-reactive ketones (excluding diaryl/α,β-unsaturated/α-hetero) is 1. The van der Waals surface area contributed by atoms with Crippen molar-refractivity contribution in [3.63, 3.8) is 0 Å². The van der Waals surface area contributed by atoms with Gasteiger partial charge in [0.05, 0.1) is 28.5 Å². The molecule has 1 saturated heterocycles. The van der Waals surface area contributed by atoms with Crippen LogP contribution in [0.25, 0.3) is 0 Å². The lowest BCUT2D eigenvalue weighted by Gasteiger charge is -2.71. The number of alkyl halides is 3. The normalized spacial score (nSPS) is 41.7. The Hall–Kier alpha value is -3.48. The molecular formula is C46H54F3NO7S. The summed E-state index contributed by atoms with van der Waals surface area (Å²) >= 11 is 1.48. The largest absolute Gasteiger partial charge is 0.573 e. The van der Waals surface area contributed by atoms with E-state index in [1.54, 1.807) is 4.90 Å². The molecule has 12 heteroatoms. The first-order chi connectivity index (χ1) is 27.0. The van der Waals surface area contributed by atoms with Gasteiger partial charge in [-0.1, -0.05) is 58.1 Å². The maximum Gasteiger partial charge on any atom is 0.573 e. The van der Waals surface area contributed by atoms with Crippen molar-refractivity contribution in [1.29, 1.82) is 0 Å². The van der Waals surface area contributed by atoms with Gasteiger partial charge in [-0.25, -0.2) is 0 Å². The van der Waals surface area contributed by atoms with E-state index in [1.165, 1.54) is 35.6 Å². The Balaban J connectivity index is 1.12. The minimum atomic E-state index is -4.86. The fourth-order valence-corrected chi connectivity index (χ4v) is 14.6. The zero-order chi connectivity index (χ0) is 41.7. The molecule has 2 N–H and O–H groups in total. The number of thiophene rings is 1. The zero-order valence-electron chi connectivity index (χ0n) is 34.1. The number of esters is 1. The van der Waals surface area contributed by atoms with Crippen molar-refractivity contribution in [2.45, 2.75) is 130 Å². The summed E-state index contributed by atoms with van der Waals surface area (Å²) in [5.41, 5.74) is -5.53. The zero-order valence-corrected chi connectivity index (χ0v) is 34.9. The van der Waals surface area contributed by atoms with E-state index in [2.05, 4.69) is 36.8 Å². The molecule has 1 aromatic carbocycles. The summed E-state index contributed by atoms with van der Waals surface area (Å²) in [7, 11) is 0. The van der Waals surface area contributed by atoms with Gasteiger partial charge in [-0.05, 0) is 119 Å². The number of ketones is 1. The Morgan fingerprint density at radius 2 is 1.59 bits per heavy atom. The van der Waals surface area contributed by atoms with Crippen molar-refractivity contribution >= 4 is 29.0 Å². The number of amides is 1. The number of allylic oxidation sites excluding steroid dienone is 4. The van der Waals surface area contributed by atoms with Gasteiger partial charge >= 0.3 is 12.3 Å². The maximum atomic E-state index is 15.2. The molecule has 8 nitrogen and oxygen atoms in total. The molecule has 8 aliphatic rings. The first-order valence-electron chi connectivity index (χ1n) is 20.8. The molecule has 7 aliphatic carbocycles. The number of rotatable bonds is 8. The lowest BCUT2D eigenvalue weighted by atomic mass is 9.32. The summed E-state index contributed by atoms with van der Waals surface area (Å²) in [6.07, 6.45) is 6.58. The summed E-state index contributed by atoms with van der Waals surface area (Å²) in [5.74, 6) is -1.32. The highest BCUT2D eigenvalue weighted by molar-refractivity contribution is 7.14. The lowest BCUT2D eigenvalue weighted by Crippen LogP contribution is -2.67. The quantitative estimate of drug-likeness (QED) is 0.155. The number of hydrogen-bond donors (Lipinski definition) is 2. The molecule has 312 valence electrons. The van der Waals surface area contributed by atoms with Crippen LogP contribution in [0.3, 0.4) is 0 Å². The number of aryl methyl sites for hydroxylation is 1. The van der Waals surface area contributed by atoms with Crippen LogP contribution in [0.4, 0.5) is 13.2 Å². The molecule has 2 aromatic rings. The second-order valence-electron chi connectivity index (χ2n) is 20.1. The molecule has 5 fully saturated rings. The molecule has 1 unspecified atom stereocenters. The number of carbonyl (C=O) groups is 3. The smallest absolute Gasteiger partial charge is 0.448 e. The summed E-state index contributed by atoms with van der Waals surface area (Å²) < 4.78 is 49.3. The van der Waals surface area contributed by atoms with E-state index < -0.39 is 62.6 Å². The number of fused-ring (bicyclic) bond motifs is 3. The number of halogens is 3. The van der Waals surface area contributed by atoms with Gasteiger partial charge in [-0.3, -0.25) is 14.4 Å². The van der Waals surface area contributed by atoms with Gasteiger partial charge in [0.15, 0.2) is 11.4 Å². The average molecular weight is 822 g/mol. The number of aliphatic hydroxyl groups excluding tert-OH is 1. The van der Waals surface area contributed by atoms with Gasteiger partial charge < -0.3 is 24.6 Å². The third kappa shape index (κ3) is 5.03. The van der Waals surface area contributed by atoms with Crippen LogP contribution in [-0.4, -0.2) is 63.0 Å². The van der Waals surface area contributed by atoms with E-state index in [1.807, 2.05) is 39.8 Å². The number of carbonyl (C=O) groups excluding carboxylic acids is 3. The fourth-order valence-electron chi connectivity index (χ4n) is 13.8. The van der Waals surface area contributed by atoms with Crippen LogP contribution in [0, 0.1) is 51.2 Å². The van der Waals surface area contributed by atoms with Gasteiger partial charge in [-0.15, -0.1) is 24.5 Å². The Kier molecular flexibility index (Phi) is 8.48. The van der Waals surface area contributed by atoms with Gasteiger partial charge in [0.2, 0.25) is 0 Å².